The van der Waals surface area contributed by atoms with E-state index in [2.05, 4.69) is 15.1 Å². The Bertz CT molecular complexity index is 1370. The molecule has 1 unspecified atom stereocenters. The zero-order valence-corrected chi connectivity index (χ0v) is 17.9. The Balaban J connectivity index is 1.83. The SMILES string of the molecule is Cc1ccc2c(c1)C(C)Oc1cc(cnc1N)-c1c(C(F)F)cnn1Cc1cc(F)cnc1-2. The second-order valence-electron chi connectivity index (χ2n) is 8.03. The maximum absolute atomic E-state index is 14.2. The minimum Gasteiger partial charge on any atom is -0.482 e. The van der Waals surface area contributed by atoms with Crippen molar-refractivity contribution in [1.82, 2.24) is 19.7 Å². The summed E-state index contributed by atoms with van der Waals surface area (Å²) in [5, 5.41) is 4.18. The number of rotatable bonds is 1. The molecule has 4 aromatic rings. The quantitative estimate of drug-likeness (QED) is 0.415. The molecule has 6 nitrogen and oxygen atoms in total. The van der Waals surface area contributed by atoms with Crippen molar-refractivity contribution in [3.8, 4) is 28.3 Å². The van der Waals surface area contributed by atoms with Crippen LogP contribution in [0.3, 0.4) is 0 Å². The summed E-state index contributed by atoms with van der Waals surface area (Å²) in [6.45, 7) is 3.85. The van der Waals surface area contributed by atoms with Gasteiger partial charge in [-0.15, -0.1) is 0 Å². The number of nitrogens with two attached hydrogens (primary N) is 1. The van der Waals surface area contributed by atoms with Gasteiger partial charge in [-0.25, -0.2) is 18.2 Å². The van der Waals surface area contributed by atoms with Crippen molar-refractivity contribution >= 4 is 5.82 Å². The Morgan fingerprint density at radius 3 is 2.73 bits per heavy atom. The van der Waals surface area contributed by atoms with Crippen LogP contribution in [0.15, 0.2) is 48.9 Å². The third kappa shape index (κ3) is 3.69. The van der Waals surface area contributed by atoms with E-state index < -0.39 is 18.3 Å². The summed E-state index contributed by atoms with van der Waals surface area (Å²) in [5.41, 5.74) is 9.93. The van der Waals surface area contributed by atoms with Crippen molar-refractivity contribution in [2.45, 2.75) is 32.9 Å². The van der Waals surface area contributed by atoms with E-state index in [1.54, 1.807) is 6.07 Å². The molecule has 33 heavy (non-hydrogen) atoms. The maximum Gasteiger partial charge on any atom is 0.267 e. The second-order valence-corrected chi connectivity index (χ2v) is 8.03. The van der Waals surface area contributed by atoms with Gasteiger partial charge in [0, 0.05) is 28.5 Å². The first-order valence-corrected chi connectivity index (χ1v) is 10.3. The number of ether oxygens (including phenoxy) is 1. The second kappa shape index (κ2) is 7.91. The molecule has 168 valence electrons. The predicted molar refractivity (Wildman–Crippen MR) is 117 cm³/mol. The van der Waals surface area contributed by atoms with Gasteiger partial charge in [-0.05, 0) is 26.0 Å². The number of halogens is 3. The number of nitrogen functional groups attached to an aromatic ring is 1. The minimum atomic E-state index is -2.77. The molecule has 1 atom stereocenters. The fourth-order valence-corrected chi connectivity index (χ4v) is 4.17. The van der Waals surface area contributed by atoms with Crippen LogP contribution in [0.4, 0.5) is 19.0 Å². The van der Waals surface area contributed by atoms with Gasteiger partial charge < -0.3 is 10.5 Å². The molecule has 1 aromatic carbocycles. The van der Waals surface area contributed by atoms with Gasteiger partial charge in [-0.2, -0.15) is 5.10 Å². The number of pyridine rings is 2. The first kappa shape index (κ1) is 21.0. The van der Waals surface area contributed by atoms with Crippen LogP contribution in [-0.2, 0) is 6.54 Å². The average Bonchev–Trinajstić information content (AvgIpc) is 3.19. The number of fused-ring (bicyclic) bond motifs is 7. The highest BCUT2D eigenvalue weighted by Crippen LogP contribution is 2.39. The van der Waals surface area contributed by atoms with Gasteiger partial charge in [0.1, 0.15) is 11.9 Å². The highest BCUT2D eigenvalue weighted by Gasteiger charge is 2.25. The fourth-order valence-electron chi connectivity index (χ4n) is 4.17. The van der Waals surface area contributed by atoms with Crippen LogP contribution in [0.1, 0.15) is 41.7 Å². The number of alkyl halides is 2. The van der Waals surface area contributed by atoms with Crippen molar-refractivity contribution in [2.24, 2.45) is 0 Å². The maximum atomic E-state index is 14.2. The molecule has 5 rings (SSSR count). The van der Waals surface area contributed by atoms with Crippen LogP contribution >= 0.6 is 0 Å². The minimum absolute atomic E-state index is 0.0322. The van der Waals surface area contributed by atoms with Gasteiger partial charge >= 0.3 is 0 Å². The van der Waals surface area contributed by atoms with Crippen molar-refractivity contribution in [2.75, 3.05) is 5.73 Å². The van der Waals surface area contributed by atoms with E-state index >= 15 is 0 Å². The number of nitrogens with zero attached hydrogens (tertiary/aromatic N) is 4. The van der Waals surface area contributed by atoms with Crippen LogP contribution in [0.25, 0.3) is 22.5 Å². The molecule has 3 aromatic heterocycles. The number of hydrogen-bond acceptors (Lipinski definition) is 5. The van der Waals surface area contributed by atoms with Gasteiger partial charge in [0.25, 0.3) is 6.43 Å². The molecular weight excluding hydrogens is 431 g/mol. The van der Waals surface area contributed by atoms with E-state index in [0.29, 0.717) is 16.8 Å². The summed E-state index contributed by atoms with van der Waals surface area (Å²) in [4.78, 5) is 8.53. The fraction of sp³-hybridized carbons (Fsp3) is 0.208. The molecule has 1 aliphatic rings. The van der Waals surface area contributed by atoms with Crippen LogP contribution in [0, 0.1) is 12.7 Å². The zero-order chi connectivity index (χ0) is 23.3. The van der Waals surface area contributed by atoms with Crippen LogP contribution in [0.2, 0.25) is 0 Å². The highest BCUT2D eigenvalue weighted by molar-refractivity contribution is 5.71. The Morgan fingerprint density at radius 1 is 1.12 bits per heavy atom. The third-order valence-corrected chi connectivity index (χ3v) is 5.72. The normalized spacial score (nSPS) is 15.0. The number of aryl methyl sites for hydroxylation is 1. The molecule has 2 N–H and O–H groups in total. The summed E-state index contributed by atoms with van der Waals surface area (Å²) in [7, 11) is 0. The highest BCUT2D eigenvalue weighted by atomic mass is 19.3. The predicted octanol–water partition coefficient (Wildman–Crippen LogP) is 5.48. The van der Waals surface area contributed by atoms with Gasteiger partial charge in [0.05, 0.1) is 35.9 Å². The smallest absolute Gasteiger partial charge is 0.267 e. The molecule has 1 aliphatic heterocycles. The van der Waals surface area contributed by atoms with Crippen LogP contribution < -0.4 is 10.5 Å². The van der Waals surface area contributed by atoms with Gasteiger partial charge in [-0.1, -0.05) is 23.8 Å². The summed E-state index contributed by atoms with van der Waals surface area (Å²) >= 11 is 0. The van der Waals surface area contributed by atoms with E-state index in [0.717, 1.165) is 29.1 Å². The van der Waals surface area contributed by atoms with E-state index in [1.807, 2.05) is 32.0 Å². The molecule has 4 heterocycles. The summed E-state index contributed by atoms with van der Waals surface area (Å²) in [6, 6.07) is 8.73. The Kier molecular flexibility index (Phi) is 5.03. The van der Waals surface area contributed by atoms with Gasteiger partial charge in [-0.3, -0.25) is 9.67 Å². The molecule has 0 saturated heterocycles. The van der Waals surface area contributed by atoms with Crippen molar-refractivity contribution in [3.63, 3.8) is 0 Å². The molecular formula is C24H20F3N5O. The van der Waals surface area contributed by atoms with E-state index in [-0.39, 0.29) is 29.4 Å². The topological polar surface area (TPSA) is 78.9 Å². The van der Waals surface area contributed by atoms with Crippen LogP contribution in [-0.4, -0.2) is 19.7 Å². The molecule has 2 bridgehead atoms. The first-order valence-electron chi connectivity index (χ1n) is 10.3. The van der Waals surface area contributed by atoms with E-state index in [9.17, 15) is 13.2 Å². The first-order chi connectivity index (χ1) is 15.8. The molecule has 0 saturated carbocycles. The molecule has 0 amide bonds. The number of hydrogen-bond donors (Lipinski definition) is 1. The lowest BCUT2D eigenvalue weighted by Gasteiger charge is -2.22. The summed E-state index contributed by atoms with van der Waals surface area (Å²) in [6.07, 6.45) is 0.414. The molecule has 0 spiro atoms. The lowest BCUT2D eigenvalue weighted by molar-refractivity contribution is 0.152. The summed E-state index contributed by atoms with van der Waals surface area (Å²) in [5.74, 6) is -0.117. The van der Waals surface area contributed by atoms with Crippen molar-refractivity contribution < 1.29 is 17.9 Å². The van der Waals surface area contributed by atoms with Crippen LogP contribution in [0.5, 0.6) is 5.75 Å². The Morgan fingerprint density at radius 2 is 1.94 bits per heavy atom. The molecule has 0 aliphatic carbocycles. The van der Waals surface area contributed by atoms with Gasteiger partial charge in [0.2, 0.25) is 0 Å². The average molecular weight is 451 g/mol. The summed E-state index contributed by atoms with van der Waals surface area (Å²) < 4.78 is 49.5. The van der Waals surface area contributed by atoms with Crippen molar-refractivity contribution in [3.05, 3.63) is 77.0 Å². The van der Waals surface area contributed by atoms with E-state index in [4.69, 9.17) is 10.5 Å². The number of aromatic nitrogens is 4. The Labute approximate surface area is 187 Å². The Hall–Kier alpha value is -3.88. The monoisotopic (exact) mass is 451 g/mol. The lowest BCUT2D eigenvalue weighted by Crippen LogP contribution is -2.12. The standard InChI is InChI=1S/C24H20F3N5O/c1-12-3-4-17-18(5-12)13(2)33-20-7-14(8-30-24(20)28)22-19(23(26)27)10-31-32(22)11-15-6-16(25)9-29-21(15)17/h3-10,13,23H,11H2,1-2H3,(H2,28,30). The third-order valence-electron chi connectivity index (χ3n) is 5.72. The zero-order valence-electron chi connectivity index (χ0n) is 17.9. The molecule has 0 fully saturated rings. The molecule has 9 heteroatoms. The van der Waals surface area contributed by atoms with Crippen molar-refractivity contribution in [1.29, 1.82) is 0 Å². The van der Waals surface area contributed by atoms with Gasteiger partial charge in [0.15, 0.2) is 11.6 Å². The van der Waals surface area contributed by atoms with E-state index in [1.165, 1.54) is 16.9 Å². The number of benzene rings is 1. The largest absolute Gasteiger partial charge is 0.482 e. The molecule has 0 radical (unpaired) electrons. The lowest BCUT2D eigenvalue weighted by atomic mass is 9.95. The number of anilines is 1.